The number of halogens is 2. The van der Waals surface area contributed by atoms with E-state index in [9.17, 15) is 27.6 Å². The first-order valence-electron chi connectivity index (χ1n) is 10.7. The van der Waals surface area contributed by atoms with E-state index in [1.165, 1.54) is 41.3 Å². The Balaban J connectivity index is 1.46. The third kappa shape index (κ3) is 4.91. The molecular formula is C23H20Cl2N2O7S. The lowest BCUT2D eigenvalue weighted by molar-refractivity contribution is -0.136. The van der Waals surface area contributed by atoms with Crippen LogP contribution in [0.4, 0.5) is 5.69 Å². The van der Waals surface area contributed by atoms with Crippen LogP contribution in [0.2, 0.25) is 10.0 Å². The Bertz CT molecular complexity index is 1360. The van der Waals surface area contributed by atoms with Crippen molar-refractivity contribution in [3.8, 4) is 0 Å². The molecule has 2 aromatic rings. The van der Waals surface area contributed by atoms with Crippen molar-refractivity contribution in [3.63, 3.8) is 0 Å². The Kier molecular flexibility index (Phi) is 6.90. The van der Waals surface area contributed by atoms with Crippen molar-refractivity contribution in [2.24, 2.45) is 0 Å². The number of sulfone groups is 1. The highest BCUT2D eigenvalue weighted by molar-refractivity contribution is 7.91. The fourth-order valence-corrected chi connectivity index (χ4v) is 6.20. The fourth-order valence-electron chi connectivity index (χ4n) is 4.18. The zero-order valence-corrected chi connectivity index (χ0v) is 20.8. The zero-order valence-electron chi connectivity index (χ0n) is 18.5. The number of ether oxygens (including phenoxy) is 1. The smallest absolute Gasteiger partial charge is 0.338 e. The van der Waals surface area contributed by atoms with Crippen LogP contribution in [0.1, 0.15) is 44.4 Å². The lowest BCUT2D eigenvalue weighted by atomic mass is 10.1. The lowest BCUT2D eigenvalue weighted by Crippen LogP contribution is -2.43. The van der Waals surface area contributed by atoms with Crippen LogP contribution >= 0.6 is 23.2 Å². The first kappa shape index (κ1) is 25.2. The van der Waals surface area contributed by atoms with E-state index >= 15 is 0 Å². The molecular weight excluding hydrogens is 519 g/mol. The summed E-state index contributed by atoms with van der Waals surface area (Å²) in [6.45, 7) is 1.41. The fraction of sp³-hybridized carbons (Fsp3) is 0.304. The van der Waals surface area contributed by atoms with Crippen molar-refractivity contribution >= 4 is 62.4 Å². The molecule has 1 unspecified atom stereocenters. The van der Waals surface area contributed by atoms with Crippen molar-refractivity contribution in [1.82, 2.24) is 4.90 Å². The average Bonchev–Trinajstić information content (AvgIpc) is 3.30. The minimum atomic E-state index is -3.18. The lowest BCUT2D eigenvalue weighted by Gasteiger charge is -2.26. The number of nitrogens with zero attached hydrogens (tertiary/aromatic N) is 2. The zero-order chi connectivity index (χ0) is 25.5. The van der Waals surface area contributed by atoms with Crippen LogP contribution in [0.15, 0.2) is 36.4 Å². The second-order valence-electron chi connectivity index (χ2n) is 8.12. The molecule has 2 aromatic carbocycles. The number of amides is 3. The number of hydrogen-bond acceptors (Lipinski definition) is 7. The SMILES string of the molecule is CCN(C(=O)COC(=O)c1ccc2c(c1)C(=O)N(c1ccc(Cl)c(Cl)c1)C2=O)C1CCS(=O)(=O)C1. The molecule has 184 valence electrons. The number of benzene rings is 2. The monoisotopic (exact) mass is 538 g/mol. The van der Waals surface area contributed by atoms with Crippen LogP contribution in [-0.4, -0.2) is 67.7 Å². The molecule has 2 aliphatic rings. The highest BCUT2D eigenvalue weighted by Crippen LogP contribution is 2.33. The summed E-state index contributed by atoms with van der Waals surface area (Å²) < 4.78 is 28.6. The summed E-state index contributed by atoms with van der Waals surface area (Å²) in [5, 5.41) is 0.439. The highest BCUT2D eigenvalue weighted by Gasteiger charge is 2.38. The number of carbonyl (C=O) groups is 4. The van der Waals surface area contributed by atoms with Gasteiger partial charge in [0.15, 0.2) is 16.4 Å². The number of likely N-dealkylation sites (N-methyl/N-ethyl adjacent to an activating group) is 1. The molecule has 0 spiro atoms. The maximum atomic E-state index is 12.9. The number of fused-ring (bicyclic) bond motifs is 1. The first-order chi connectivity index (χ1) is 16.5. The molecule has 1 saturated heterocycles. The number of carbonyl (C=O) groups excluding carboxylic acids is 4. The molecule has 12 heteroatoms. The molecule has 4 rings (SSSR count). The molecule has 0 N–H and O–H groups in total. The number of rotatable bonds is 6. The predicted octanol–water partition coefficient (Wildman–Crippen LogP) is 2.99. The molecule has 35 heavy (non-hydrogen) atoms. The first-order valence-corrected chi connectivity index (χ1v) is 13.2. The molecule has 0 aromatic heterocycles. The van der Waals surface area contributed by atoms with Crippen LogP contribution in [0.5, 0.6) is 0 Å². The Morgan fingerprint density at radius 3 is 2.40 bits per heavy atom. The largest absolute Gasteiger partial charge is 0.452 e. The van der Waals surface area contributed by atoms with Gasteiger partial charge in [0.2, 0.25) is 0 Å². The molecule has 0 radical (unpaired) electrons. The van der Waals surface area contributed by atoms with E-state index < -0.39 is 46.2 Å². The van der Waals surface area contributed by atoms with Gasteiger partial charge in [-0.3, -0.25) is 14.4 Å². The number of anilines is 1. The molecule has 9 nitrogen and oxygen atoms in total. The third-order valence-corrected chi connectivity index (χ3v) is 8.41. The van der Waals surface area contributed by atoms with Crippen LogP contribution in [-0.2, 0) is 19.4 Å². The van der Waals surface area contributed by atoms with E-state index in [4.69, 9.17) is 27.9 Å². The minimum Gasteiger partial charge on any atom is -0.452 e. The van der Waals surface area contributed by atoms with Crippen molar-refractivity contribution in [2.45, 2.75) is 19.4 Å². The topological polar surface area (TPSA) is 118 Å². The highest BCUT2D eigenvalue weighted by atomic mass is 35.5. The van der Waals surface area contributed by atoms with E-state index in [1.54, 1.807) is 6.92 Å². The van der Waals surface area contributed by atoms with Crippen LogP contribution in [0.25, 0.3) is 0 Å². The second-order valence-corrected chi connectivity index (χ2v) is 11.2. The van der Waals surface area contributed by atoms with Gasteiger partial charge < -0.3 is 9.64 Å². The predicted molar refractivity (Wildman–Crippen MR) is 129 cm³/mol. The van der Waals surface area contributed by atoms with Gasteiger partial charge in [-0.25, -0.2) is 18.1 Å². The number of hydrogen-bond donors (Lipinski definition) is 0. The molecule has 2 heterocycles. The van der Waals surface area contributed by atoms with Gasteiger partial charge in [0, 0.05) is 12.6 Å². The van der Waals surface area contributed by atoms with Gasteiger partial charge in [-0.15, -0.1) is 0 Å². The quantitative estimate of drug-likeness (QED) is 0.409. The third-order valence-electron chi connectivity index (χ3n) is 5.92. The summed E-state index contributed by atoms with van der Waals surface area (Å²) in [6.07, 6.45) is 0.339. The summed E-state index contributed by atoms with van der Waals surface area (Å²) in [6, 6.07) is 7.79. The normalized spacial score (nSPS) is 18.5. The summed E-state index contributed by atoms with van der Waals surface area (Å²) in [7, 11) is -3.18. The van der Waals surface area contributed by atoms with Gasteiger partial charge in [-0.05, 0) is 49.7 Å². The van der Waals surface area contributed by atoms with Crippen LogP contribution < -0.4 is 4.90 Å². The minimum absolute atomic E-state index is 0.00759. The Labute approximate surface area is 211 Å². The maximum absolute atomic E-state index is 12.9. The number of esters is 1. The second kappa shape index (κ2) is 9.60. The van der Waals surface area contributed by atoms with Crippen molar-refractivity contribution in [3.05, 3.63) is 63.1 Å². The van der Waals surface area contributed by atoms with Crippen LogP contribution in [0.3, 0.4) is 0 Å². The average molecular weight is 539 g/mol. The molecule has 0 saturated carbocycles. The maximum Gasteiger partial charge on any atom is 0.338 e. The molecule has 1 atom stereocenters. The summed E-state index contributed by atoms with van der Waals surface area (Å²) >= 11 is 11.9. The van der Waals surface area contributed by atoms with Gasteiger partial charge in [0.25, 0.3) is 17.7 Å². The molecule has 1 fully saturated rings. The van der Waals surface area contributed by atoms with Gasteiger partial charge in [-0.1, -0.05) is 23.2 Å². The van der Waals surface area contributed by atoms with Crippen LogP contribution in [0, 0.1) is 0 Å². The van der Waals surface area contributed by atoms with E-state index in [-0.39, 0.29) is 50.5 Å². The summed E-state index contributed by atoms with van der Waals surface area (Å²) in [4.78, 5) is 53.2. The van der Waals surface area contributed by atoms with Gasteiger partial charge in [0.1, 0.15) is 0 Å². The Morgan fingerprint density at radius 1 is 1.06 bits per heavy atom. The summed E-state index contributed by atoms with van der Waals surface area (Å²) in [5.41, 5.74) is 0.329. The molecule has 0 aliphatic carbocycles. The summed E-state index contributed by atoms with van der Waals surface area (Å²) in [5.74, 6) is -2.69. The van der Waals surface area contributed by atoms with Crippen molar-refractivity contribution in [2.75, 3.05) is 29.6 Å². The van der Waals surface area contributed by atoms with Crippen molar-refractivity contribution < 1.29 is 32.3 Å². The number of imide groups is 1. The van der Waals surface area contributed by atoms with E-state index in [0.29, 0.717) is 6.42 Å². The van der Waals surface area contributed by atoms with Gasteiger partial charge >= 0.3 is 5.97 Å². The van der Waals surface area contributed by atoms with E-state index in [1.807, 2.05) is 0 Å². The van der Waals surface area contributed by atoms with Gasteiger partial charge in [0.05, 0.1) is 43.9 Å². The van der Waals surface area contributed by atoms with Crippen molar-refractivity contribution in [1.29, 1.82) is 0 Å². The molecule has 3 amide bonds. The van der Waals surface area contributed by atoms with E-state index in [0.717, 1.165) is 4.90 Å². The van der Waals surface area contributed by atoms with Gasteiger partial charge in [-0.2, -0.15) is 0 Å². The van der Waals surface area contributed by atoms with E-state index in [2.05, 4.69) is 0 Å². The molecule has 0 bridgehead atoms. The Hall–Kier alpha value is -2.95. The molecule has 2 aliphatic heterocycles. The standard InChI is InChI=1S/C23H20Cl2N2O7S/c1-2-26(15-7-8-35(32,33)12-15)20(28)11-34-23(31)13-3-5-16-17(9-13)22(30)27(21(16)29)14-4-6-18(24)19(25)10-14/h3-6,9-10,15H,2,7-8,11-12H2,1H3. The Morgan fingerprint density at radius 2 is 1.77 bits per heavy atom.